The van der Waals surface area contributed by atoms with Crippen molar-refractivity contribution in [2.75, 3.05) is 32.8 Å². The summed E-state index contributed by atoms with van der Waals surface area (Å²) in [5, 5.41) is 6.30. The Morgan fingerprint density at radius 2 is 2.00 bits per heavy atom. The van der Waals surface area contributed by atoms with Crippen LogP contribution < -0.4 is 15.4 Å². The van der Waals surface area contributed by atoms with E-state index in [0.29, 0.717) is 31.2 Å². The lowest BCUT2D eigenvalue weighted by molar-refractivity contribution is -0.123. The number of nitrogens with zero attached hydrogens (tertiary/aromatic N) is 1. The molecule has 7 heteroatoms. The van der Waals surface area contributed by atoms with Crippen molar-refractivity contribution in [3.05, 3.63) is 29.8 Å². The van der Waals surface area contributed by atoms with E-state index in [2.05, 4.69) is 17.6 Å². The van der Waals surface area contributed by atoms with Gasteiger partial charge in [0.25, 0.3) is 5.91 Å². The SMILES string of the molecule is CCCCOc1ccc(C(=O)N2CCCC(CNC(=O)C3CCCN3)C2)cc1.Cl. The van der Waals surface area contributed by atoms with Crippen LogP contribution >= 0.6 is 12.4 Å². The largest absolute Gasteiger partial charge is 0.494 e. The Balaban J connectivity index is 0.00000300. The van der Waals surface area contributed by atoms with Crippen molar-refractivity contribution in [2.24, 2.45) is 5.92 Å². The van der Waals surface area contributed by atoms with Crippen LogP contribution in [0.5, 0.6) is 5.75 Å². The molecule has 2 amide bonds. The van der Waals surface area contributed by atoms with E-state index in [1.165, 1.54) is 0 Å². The van der Waals surface area contributed by atoms with Crippen molar-refractivity contribution in [2.45, 2.75) is 51.5 Å². The Kier molecular flexibility index (Phi) is 9.74. The molecule has 2 aliphatic rings. The van der Waals surface area contributed by atoms with Crippen LogP contribution in [0.25, 0.3) is 0 Å². The van der Waals surface area contributed by atoms with Crippen LogP contribution in [0.1, 0.15) is 55.8 Å². The van der Waals surface area contributed by atoms with E-state index in [4.69, 9.17) is 4.74 Å². The predicted molar refractivity (Wildman–Crippen MR) is 117 cm³/mol. The predicted octanol–water partition coefficient (Wildman–Crippen LogP) is 3.01. The average Bonchev–Trinajstić information content (AvgIpc) is 3.27. The van der Waals surface area contributed by atoms with Gasteiger partial charge in [0.1, 0.15) is 5.75 Å². The maximum absolute atomic E-state index is 12.9. The molecule has 2 unspecified atom stereocenters. The molecule has 3 rings (SSSR count). The topological polar surface area (TPSA) is 70.7 Å². The number of nitrogens with one attached hydrogen (secondary N) is 2. The molecule has 2 saturated heterocycles. The number of hydrogen-bond donors (Lipinski definition) is 2. The Morgan fingerprint density at radius 1 is 1.21 bits per heavy atom. The monoisotopic (exact) mass is 423 g/mol. The molecule has 2 heterocycles. The molecular weight excluding hydrogens is 390 g/mol. The average molecular weight is 424 g/mol. The van der Waals surface area contributed by atoms with E-state index in [0.717, 1.165) is 57.4 Å². The lowest BCUT2D eigenvalue weighted by Crippen LogP contribution is -2.46. The molecule has 2 atom stereocenters. The first-order chi connectivity index (χ1) is 13.7. The van der Waals surface area contributed by atoms with Crippen LogP contribution in [0.3, 0.4) is 0 Å². The zero-order chi connectivity index (χ0) is 19.8. The highest BCUT2D eigenvalue weighted by Gasteiger charge is 2.26. The summed E-state index contributed by atoms with van der Waals surface area (Å²) in [6.07, 6.45) is 6.14. The van der Waals surface area contributed by atoms with E-state index in [-0.39, 0.29) is 30.3 Å². The van der Waals surface area contributed by atoms with E-state index in [9.17, 15) is 9.59 Å². The van der Waals surface area contributed by atoms with Gasteiger partial charge < -0.3 is 20.3 Å². The van der Waals surface area contributed by atoms with E-state index < -0.39 is 0 Å². The third kappa shape index (κ3) is 6.89. The lowest BCUT2D eigenvalue weighted by atomic mass is 9.97. The van der Waals surface area contributed by atoms with Crippen molar-refractivity contribution >= 4 is 24.2 Å². The number of carbonyl (C=O) groups is 2. The van der Waals surface area contributed by atoms with Gasteiger partial charge in [0, 0.05) is 25.2 Å². The normalized spacial score (nSPS) is 21.3. The highest BCUT2D eigenvalue weighted by atomic mass is 35.5. The van der Waals surface area contributed by atoms with Gasteiger partial charge in [0.2, 0.25) is 5.91 Å². The number of rotatable bonds is 8. The summed E-state index contributed by atoms with van der Waals surface area (Å²) in [6.45, 7) is 5.89. The lowest BCUT2D eigenvalue weighted by Gasteiger charge is -2.33. The van der Waals surface area contributed by atoms with Gasteiger partial charge in [-0.2, -0.15) is 0 Å². The molecule has 2 N–H and O–H groups in total. The minimum Gasteiger partial charge on any atom is -0.494 e. The van der Waals surface area contributed by atoms with E-state index >= 15 is 0 Å². The highest BCUT2D eigenvalue weighted by molar-refractivity contribution is 5.94. The maximum atomic E-state index is 12.9. The second kappa shape index (κ2) is 12.0. The van der Waals surface area contributed by atoms with Crippen molar-refractivity contribution in [1.29, 1.82) is 0 Å². The minimum absolute atomic E-state index is 0. The molecule has 0 aliphatic carbocycles. The number of halogens is 1. The molecule has 2 aliphatic heterocycles. The van der Waals surface area contributed by atoms with Gasteiger partial charge in [-0.25, -0.2) is 0 Å². The van der Waals surface area contributed by atoms with Gasteiger partial charge in [-0.05, 0) is 68.8 Å². The summed E-state index contributed by atoms with van der Waals surface area (Å²) in [5.41, 5.74) is 0.697. The minimum atomic E-state index is -0.0422. The van der Waals surface area contributed by atoms with Gasteiger partial charge in [0.15, 0.2) is 0 Å². The Hall–Kier alpha value is -1.79. The number of amides is 2. The first-order valence-corrected chi connectivity index (χ1v) is 10.7. The van der Waals surface area contributed by atoms with Crippen molar-refractivity contribution in [3.63, 3.8) is 0 Å². The number of piperidine rings is 1. The molecule has 0 bridgehead atoms. The van der Waals surface area contributed by atoms with Crippen LogP contribution in [0.4, 0.5) is 0 Å². The third-order valence-electron chi connectivity index (χ3n) is 5.62. The summed E-state index contributed by atoms with van der Waals surface area (Å²) < 4.78 is 5.67. The first-order valence-electron chi connectivity index (χ1n) is 10.7. The van der Waals surface area contributed by atoms with Crippen LogP contribution in [0.15, 0.2) is 24.3 Å². The number of carbonyl (C=O) groups excluding carboxylic acids is 2. The van der Waals surface area contributed by atoms with Crippen LogP contribution in [-0.2, 0) is 4.79 Å². The molecule has 29 heavy (non-hydrogen) atoms. The van der Waals surface area contributed by atoms with Crippen LogP contribution in [0, 0.1) is 5.92 Å². The summed E-state index contributed by atoms with van der Waals surface area (Å²) in [5.74, 6) is 1.29. The van der Waals surface area contributed by atoms with E-state index in [1.807, 2.05) is 29.2 Å². The molecule has 0 spiro atoms. The smallest absolute Gasteiger partial charge is 0.253 e. The molecule has 2 fully saturated rings. The maximum Gasteiger partial charge on any atom is 0.253 e. The summed E-state index contributed by atoms with van der Waals surface area (Å²) in [7, 11) is 0. The number of ether oxygens (including phenoxy) is 1. The molecule has 0 saturated carbocycles. The molecular formula is C22H34ClN3O3. The van der Waals surface area contributed by atoms with Gasteiger partial charge in [-0.1, -0.05) is 13.3 Å². The number of benzene rings is 1. The van der Waals surface area contributed by atoms with Gasteiger partial charge in [0.05, 0.1) is 12.6 Å². The molecule has 0 radical (unpaired) electrons. The Morgan fingerprint density at radius 3 is 2.69 bits per heavy atom. The zero-order valence-corrected chi connectivity index (χ0v) is 18.1. The van der Waals surface area contributed by atoms with Gasteiger partial charge in [-0.15, -0.1) is 12.4 Å². The van der Waals surface area contributed by atoms with Gasteiger partial charge in [-0.3, -0.25) is 9.59 Å². The first kappa shape index (κ1) is 23.5. The van der Waals surface area contributed by atoms with Crippen molar-refractivity contribution < 1.29 is 14.3 Å². The molecule has 162 valence electrons. The molecule has 6 nitrogen and oxygen atoms in total. The highest BCUT2D eigenvalue weighted by Crippen LogP contribution is 2.20. The number of hydrogen-bond acceptors (Lipinski definition) is 4. The summed E-state index contributed by atoms with van der Waals surface area (Å²) in [4.78, 5) is 27.0. The van der Waals surface area contributed by atoms with Crippen molar-refractivity contribution in [1.82, 2.24) is 15.5 Å². The number of likely N-dealkylation sites (tertiary alicyclic amines) is 1. The molecule has 0 aromatic heterocycles. The third-order valence-corrected chi connectivity index (χ3v) is 5.62. The molecule has 1 aromatic rings. The fourth-order valence-corrected chi connectivity index (χ4v) is 3.90. The van der Waals surface area contributed by atoms with Crippen LogP contribution in [-0.4, -0.2) is 55.5 Å². The fraction of sp³-hybridized carbons (Fsp3) is 0.636. The van der Waals surface area contributed by atoms with Gasteiger partial charge >= 0.3 is 0 Å². The van der Waals surface area contributed by atoms with E-state index in [1.54, 1.807) is 0 Å². The summed E-state index contributed by atoms with van der Waals surface area (Å²) in [6, 6.07) is 7.40. The van der Waals surface area contributed by atoms with Crippen molar-refractivity contribution in [3.8, 4) is 5.75 Å². The fourth-order valence-electron chi connectivity index (χ4n) is 3.90. The molecule has 1 aromatic carbocycles. The quantitative estimate of drug-likeness (QED) is 0.630. The second-order valence-corrected chi connectivity index (χ2v) is 7.88. The standard InChI is InChI=1S/C22H33N3O3.ClH/c1-2-3-14-28-19-10-8-18(9-11-19)22(27)25-13-5-6-17(16-25)15-24-21(26)20-7-4-12-23-20;/h8-11,17,20,23H,2-7,12-16H2,1H3,(H,24,26);1H. The Bertz CT molecular complexity index is 647. The van der Waals surface area contributed by atoms with Crippen LogP contribution in [0.2, 0.25) is 0 Å². The second-order valence-electron chi connectivity index (χ2n) is 7.88. The zero-order valence-electron chi connectivity index (χ0n) is 17.3. The Labute approximate surface area is 180 Å². The summed E-state index contributed by atoms with van der Waals surface area (Å²) >= 11 is 0. The number of unbranched alkanes of at least 4 members (excludes halogenated alkanes) is 1.